The van der Waals surface area contributed by atoms with Gasteiger partial charge in [0, 0.05) is 13.7 Å². The predicted octanol–water partition coefficient (Wildman–Crippen LogP) is 2.74. The van der Waals surface area contributed by atoms with Crippen LogP contribution in [0.15, 0.2) is 0 Å². The van der Waals surface area contributed by atoms with Crippen LogP contribution in [0.4, 0.5) is 0 Å². The van der Waals surface area contributed by atoms with Gasteiger partial charge in [0.2, 0.25) is 0 Å². The van der Waals surface area contributed by atoms with Crippen molar-refractivity contribution >= 4 is 0 Å². The Morgan fingerprint density at radius 1 is 1.21 bits per heavy atom. The number of hydrogen-bond acceptors (Lipinski definition) is 2. The summed E-state index contributed by atoms with van der Waals surface area (Å²) in [5.41, 5.74) is -0.514. The zero-order chi connectivity index (χ0) is 10.4. The molecule has 14 heavy (non-hydrogen) atoms. The van der Waals surface area contributed by atoms with Crippen molar-refractivity contribution in [3.05, 3.63) is 0 Å². The fourth-order valence-electron chi connectivity index (χ4n) is 2.41. The Labute approximate surface area is 87.7 Å². The molecule has 0 bridgehead atoms. The molecule has 0 aromatic carbocycles. The molecule has 0 heterocycles. The van der Waals surface area contributed by atoms with Crippen molar-refractivity contribution in [3.63, 3.8) is 0 Å². The van der Waals surface area contributed by atoms with E-state index in [0.29, 0.717) is 12.5 Å². The third-order valence-corrected chi connectivity index (χ3v) is 3.55. The molecule has 1 N–H and O–H groups in total. The van der Waals surface area contributed by atoms with Crippen LogP contribution in [0.3, 0.4) is 0 Å². The molecule has 0 aliphatic heterocycles. The molecule has 1 rings (SSSR count). The zero-order valence-corrected chi connectivity index (χ0v) is 9.59. The Morgan fingerprint density at radius 2 is 1.79 bits per heavy atom. The Balaban J connectivity index is 2.41. The lowest BCUT2D eigenvalue weighted by Gasteiger charge is -2.32. The summed E-state index contributed by atoms with van der Waals surface area (Å²) in [7, 11) is 1.70. The fourth-order valence-corrected chi connectivity index (χ4v) is 2.41. The second-order valence-corrected chi connectivity index (χ2v) is 4.79. The van der Waals surface area contributed by atoms with Crippen LogP contribution in [-0.2, 0) is 4.74 Å². The van der Waals surface area contributed by atoms with E-state index >= 15 is 0 Å². The molecule has 2 nitrogen and oxygen atoms in total. The number of aliphatic hydroxyl groups is 1. The minimum atomic E-state index is -0.514. The van der Waals surface area contributed by atoms with E-state index < -0.39 is 5.60 Å². The normalized spacial score (nSPS) is 24.2. The first-order valence-electron chi connectivity index (χ1n) is 5.88. The summed E-state index contributed by atoms with van der Waals surface area (Å²) < 4.78 is 5.04. The van der Waals surface area contributed by atoms with Gasteiger partial charge in [-0.25, -0.2) is 0 Å². The molecule has 1 unspecified atom stereocenters. The molecule has 0 aromatic heterocycles. The maximum absolute atomic E-state index is 10.3. The summed E-state index contributed by atoms with van der Waals surface area (Å²) in [4.78, 5) is 0. The molecule has 1 atom stereocenters. The van der Waals surface area contributed by atoms with E-state index in [1.165, 1.54) is 38.5 Å². The monoisotopic (exact) mass is 200 g/mol. The number of ether oxygens (including phenoxy) is 1. The molecule has 1 aliphatic rings. The van der Waals surface area contributed by atoms with E-state index in [0.717, 1.165) is 6.42 Å². The Hall–Kier alpha value is -0.0800. The van der Waals surface area contributed by atoms with Crippen LogP contribution in [0, 0.1) is 5.92 Å². The zero-order valence-electron chi connectivity index (χ0n) is 9.59. The van der Waals surface area contributed by atoms with Crippen molar-refractivity contribution in [3.8, 4) is 0 Å². The number of hydrogen-bond donors (Lipinski definition) is 1. The van der Waals surface area contributed by atoms with Crippen LogP contribution in [0.25, 0.3) is 0 Å². The maximum Gasteiger partial charge on any atom is 0.0669 e. The summed E-state index contributed by atoms with van der Waals surface area (Å²) in [5.74, 6) is 0.486. The van der Waals surface area contributed by atoms with Gasteiger partial charge in [0.15, 0.2) is 0 Å². The Morgan fingerprint density at radius 3 is 2.29 bits per heavy atom. The minimum absolute atomic E-state index is 0.486. The minimum Gasteiger partial charge on any atom is -0.390 e. The van der Waals surface area contributed by atoms with E-state index in [9.17, 15) is 5.11 Å². The van der Waals surface area contributed by atoms with E-state index in [-0.39, 0.29) is 0 Å². The van der Waals surface area contributed by atoms with E-state index in [2.05, 4.69) is 0 Å². The Bertz CT molecular complexity index is 146. The van der Waals surface area contributed by atoms with Gasteiger partial charge in [-0.3, -0.25) is 0 Å². The molecule has 0 saturated heterocycles. The molecule has 1 aliphatic carbocycles. The molecule has 0 radical (unpaired) electrons. The lowest BCUT2D eigenvalue weighted by Crippen LogP contribution is -2.35. The lowest BCUT2D eigenvalue weighted by atomic mass is 9.81. The van der Waals surface area contributed by atoms with Gasteiger partial charge in [-0.2, -0.15) is 0 Å². The molecule has 0 amide bonds. The molecule has 0 aromatic rings. The number of methoxy groups -OCH3 is 1. The van der Waals surface area contributed by atoms with Crippen LogP contribution in [0.5, 0.6) is 0 Å². The summed E-state index contributed by atoms with van der Waals surface area (Å²) in [6, 6.07) is 0. The summed E-state index contributed by atoms with van der Waals surface area (Å²) >= 11 is 0. The first kappa shape index (κ1) is 12.0. The standard InChI is InChI=1S/C12H24O2/c1-12(13,9-10-14-2)11-7-5-3-4-6-8-11/h11,13H,3-10H2,1-2H3. The van der Waals surface area contributed by atoms with Crippen molar-refractivity contribution in [2.24, 2.45) is 5.92 Å². The quantitative estimate of drug-likeness (QED) is 0.707. The molecule has 0 spiro atoms. The van der Waals surface area contributed by atoms with Crippen molar-refractivity contribution in [2.75, 3.05) is 13.7 Å². The van der Waals surface area contributed by atoms with Crippen molar-refractivity contribution in [2.45, 2.75) is 57.5 Å². The average Bonchev–Trinajstić information content (AvgIpc) is 2.43. The van der Waals surface area contributed by atoms with Gasteiger partial charge in [-0.15, -0.1) is 0 Å². The highest BCUT2D eigenvalue weighted by molar-refractivity contribution is 4.83. The van der Waals surface area contributed by atoms with Crippen LogP contribution in [0.1, 0.15) is 51.9 Å². The van der Waals surface area contributed by atoms with Gasteiger partial charge in [0.1, 0.15) is 0 Å². The second kappa shape index (κ2) is 5.72. The lowest BCUT2D eigenvalue weighted by molar-refractivity contribution is -0.0313. The SMILES string of the molecule is COCCC(C)(O)C1CCCCCC1. The van der Waals surface area contributed by atoms with Gasteiger partial charge in [-0.05, 0) is 32.1 Å². The van der Waals surface area contributed by atoms with Crippen LogP contribution in [-0.4, -0.2) is 24.4 Å². The maximum atomic E-state index is 10.3. The molecule has 84 valence electrons. The van der Waals surface area contributed by atoms with Crippen LogP contribution in [0.2, 0.25) is 0 Å². The molecular formula is C12H24O2. The Kier molecular flexibility index (Phi) is 4.90. The first-order chi connectivity index (χ1) is 6.67. The van der Waals surface area contributed by atoms with E-state index in [4.69, 9.17) is 4.74 Å². The topological polar surface area (TPSA) is 29.5 Å². The molecule has 1 saturated carbocycles. The highest BCUT2D eigenvalue weighted by Crippen LogP contribution is 2.33. The predicted molar refractivity (Wildman–Crippen MR) is 58.3 cm³/mol. The fraction of sp³-hybridized carbons (Fsp3) is 1.00. The van der Waals surface area contributed by atoms with Gasteiger partial charge >= 0.3 is 0 Å². The average molecular weight is 200 g/mol. The van der Waals surface area contributed by atoms with Gasteiger partial charge in [-0.1, -0.05) is 25.7 Å². The molecular weight excluding hydrogens is 176 g/mol. The first-order valence-corrected chi connectivity index (χ1v) is 5.88. The third kappa shape index (κ3) is 3.58. The summed E-state index contributed by atoms with van der Waals surface area (Å²) in [6.45, 7) is 2.64. The number of rotatable bonds is 4. The molecule has 1 fully saturated rings. The largest absolute Gasteiger partial charge is 0.390 e. The smallest absolute Gasteiger partial charge is 0.0669 e. The van der Waals surface area contributed by atoms with E-state index in [1.54, 1.807) is 7.11 Å². The van der Waals surface area contributed by atoms with Crippen molar-refractivity contribution in [1.29, 1.82) is 0 Å². The molecule has 2 heteroatoms. The van der Waals surface area contributed by atoms with E-state index in [1.807, 2.05) is 6.92 Å². The van der Waals surface area contributed by atoms with Crippen molar-refractivity contribution < 1.29 is 9.84 Å². The third-order valence-electron chi connectivity index (χ3n) is 3.55. The van der Waals surface area contributed by atoms with Crippen LogP contribution >= 0.6 is 0 Å². The second-order valence-electron chi connectivity index (χ2n) is 4.79. The summed E-state index contributed by atoms with van der Waals surface area (Å²) in [6.07, 6.45) is 8.41. The van der Waals surface area contributed by atoms with Crippen molar-refractivity contribution in [1.82, 2.24) is 0 Å². The highest BCUT2D eigenvalue weighted by Gasteiger charge is 2.31. The van der Waals surface area contributed by atoms with Gasteiger partial charge < -0.3 is 9.84 Å². The van der Waals surface area contributed by atoms with Gasteiger partial charge in [0.05, 0.1) is 5.60 Å². The summed E-state index contributed by atoms with van der Waals surface area (Å²) in [5, 5.41) is 10.3. The van der Waals surface area contributed by atoms with Crippen LogP contribution < -0.4 is 0 Å². The van der Waals surface area contributed by atoms with Gasteiger partial charge in [0.25, 0.3) is 0 Å². The highest BCUT2D eigenvalue weighted by atomic mass is 16.5.